The van der Waals surface area contributed by atoms with E-state index in [9.17, 15) is 38.7 Å². The molecule has 2 heterocycles. The number of hydrogen-bond donors (Lipinski definition) is 3. The Hall–Kier alpha value is -6.34. The smallest absolute Gasteiger partial charge is 0.326 e. The highest BCUT2D eigenvalue weighted by atomic mass is 32.2. The van der Waals surface area contributed by atoms with Gasteiger partial charge in [0.1, 0.15) is 12.1 Å². The van der Waals surface area contributed by atoms with Gasteiger partial charge in [-0.3, -0.25) is 38.6 Å². The van der Waals surface area contributed by atoms with Crippen molar-refractivity contribution in [2.75, 3.05) is 5.75 Å². The van der Waals surface area contributed by atoms with E-state index in [4.69, 9.17) is 0 Å². The summed E-state index contributed by atoms with van der Waals surface area (Å²) in [7, 11) is 0. The van der Waals surface area contributed by atoms with Crippen molar-refractivity contribution in [2.24, 2.45) is 0 Å². The standard InChI is InChI=1S/C48H46N4O8S/c1-6-26(7-2)51-44(55)31-18-15-28-29-16-19-33-40-34(47(58)52(46(33)57)27(8-3)9-4)22-37(41(42(29)40)30-17-20-32(45(51)56)39(31)38(28)30)61-23-36(49-24(5)53)43(54)50-35(48(59)60)21-25-13-11-10-12-14-25/h10-20,22,26-27,35-36H,6-9,21,23H2,1-5H3,(H,49,53)(H,50,54)(H,59,60). The number of carboxylic acids is 1. The van der Waals surface area contributed by atoms with Crippen LogP contribution in [0.15, 0.2) is 77.7 Å². The van der Waals surface area contributed by atoms with Crippen molar-refractivity contribution in [1.29, 1.82) is 0 Å². The van der Waals surface area contributed by atoms with Crippen LogP contribution in [-0.2, 0) is 20.8 Å². The number of amides is 6. The van der Waals surface area contributed by atoms with Gasteiger partial charge in [0.2, 0.25) is 11.8 Å². The summed E-state index contributed by atoms with van der Waals surface area (Å²) in [5.41, 5.74) is 2.22. The highest BCUT2D eigenvalue weighted by Gasteiger charge is 2.40. The largest absolute Gasteiger partial charge is 0.480 e. The number of hydrogen-bond acceptors (Lipinski definition) is 8. The number of thioether (sulfide) groups is 1. The molecule has 312 valence electrons. The van der Waals surface area contributed by atoms with Gasteiger partial charge in [-0.15, -0.1) is 11.8 Å². The third-order valence-corrected chi connectivity index (χ3v) is 13.5. The summed E-state index contributed by atoms with van der Waals surface area (Å²) >= 11 is 1.21. The summed E-state index contributed by atoms with van der Waals surface area (Å²) in [6, 6.07) is 18.4. The minimum Gasteiger partial charge on any atom is -0.480 e. The van der Waals surface area contributed by atoms with Gasteiger partial charge in [-0.05, 0) is 77.1 Å². The van der Waals surface area contributed by atoms with Crippen molar-refractivity contribution in [2.45, 2.75) is 95.8 Å². The first-order valence-corrected chi connectivity index (χ1v) is 21.8. The lowest BCUT2D eigenvalue weighted by atomic mass is 9.81. The topological polar surface area (TPSA) is 170 Å². The van der Waals surface area contributed by atoms with E-state index in [1.165, 1.54) is 28.5 Å². The lowest BCUT2D eigenvalue weighted by Crippen LogP contribution is -2.53. The van der Waals surface area contributed by atoms with Gasteiger partial charge < -0.3 is 15.7 Å². The van der Waals surface area contributed by atoms with Crippen molar-refractivity contribution in [1.82, 2.24) is 20.4 Å². The van der Waals surface area contributed by atoms with Crippen LogP contribution in [-0.4, -0.2) is 86.2 Å². The molecule has 13 heteroatoms. The molecule has 0 spiro atoms. The quantitative estimate of drug-likeness (QED) is 0.0406. The molecule has 12 nitrogen and oxygen atoms in total. The van der Waals surface area contributed by atoms with Gasteiger partial charge in [-0.1, -0.05) is 76.2 Å². The van der Waals surface area contributed by atoms with Gasteiger partial charge in [0, 0.05) is 79.9 Å². The number of nitrogens with zero attached hydrogens (tertiary/aromatic N) is 2. The number of aliphatic carboxylic acids is 1. The Labute approximate surface area is 356 Å². The van der Waals surface area contributed by atoms with Crippen molar-refractivity contribution < 1.29 is 38.7 Å². The maximum Gasteiger partial charge on any atom is 0.326 e. The maximum absolute atomic E-state index is 14.6. The number of carbonyl (C=O) groups excluding carboxylic acids is 6. The molecule has 0 saturated heterocycles. The summed E-state index contributed by atoms with van der Waals surface area (Å²) in [5, 5.41) is 20.6. The maximum atomic E-state index is 14.6. The van der Waals surface area contributed by atoms with Crippen molar-refractivity contribution in [3.8, 4) is 0 Å². The Morgan fingerprint density at radius 3 is 1.59 bits per heavy atom. The van der Waals surface area contributed by atoms with Gasteiger partial charge in [-0.2, -0.15) is 0 Å². The lowest BCUT2D eigenvalue weighted by Gasteiger charge is -2.35. The molecule has 6 amide bonds. The Bertz CT molecular complexity index is 2810. The van der Waals surface area contributed by atoms with Crippen LogP contribution in [0.2, 0.25) is 0 Å². The molecular formula is C48H46N4O8S. The highest BCUT2D eigenvalue weighted by Crippen LogP contribution is 2.49. The van der Waals surface area contributed by atoms with Crippen molar-refractivity contribution in [3.05, 3.63) is 101 Å². The van der Waals surface area contributed by atoms with Gasteiger partial charge in [0.05, 0.1) is 0 Å². The molecule has 6 aromatic carbocycles. The first kappa shape index (κ1) is 41.4. The molecule has 0 saturated carbocycles. The van der Waals surface area contributed by atoms with Gasteiger partial charge in [-0.25, -0.2) is 4.79 Å². The van der Waals surface area contributed by atoms with Crippen LogP contribution >= 0.6 is 11.8 Å². The van der Waals surface area contributed by atoms with Crippen LogP contribution in [0.1, 0.15) is 107 Å². The summed E-state index contributed by atoms with van der Waals surface area (Å²) in [4.78, 5) is 99.5. The van der Waals surface area contributed by atoms with Gasteiger partial charge >= 0.3 is 5.97 Å². The van der Waals surface area contributed by atoms with Gasteiger partial charge in [0.25, 0.3) is 23.6 Å². The molecule has 0 aliphatic carbocycles. The Morgan fingerprint density at radius 2 is 1.08 bits per heavy atom. The molecule has 0 aromatic heterocycles. The number of carbonyl (C=O) groups is 7. The predicted molar refractivity (Wildman–Crippen MR) is 235 cm³/mol. The number of carboxylic acid groups (broad SMARTS) is 1. The summed E-state index contributed by atoms with van der Waals surface area (Å²) in [5.74, 6) is -4.05. The first-order valence-electron chi connectivity index (χ1n) is 20.8. The van der Waals surface area contributed by atoms with E-state index in [0.717, 1.165) is 5.39 Å². The second-order valence-corrected chi connectivity index (χ2v) is 16.9. The highest BCUT2D eigenvalue weighted by molar-refractivity contribution is 7.99. The third-order valence-electron chi connectivity index (χ3n) is 12.4. The van der Waals surface area contributed by atoms with Crippen LogP contribution < -0.4 is 10.6 Å². The number of imide groups is 2. The molecular weight excluding hydrogens is 793 g/mol. The molecule has 0 radical (unpaired) electrons. The molecule has 0 fully saturated rings. The fourth-order valence-corrected chi connectivity index (χ4v) is 10.5. The van der Waals surface area contributed by atoms with Crippen LogP contribution in [0.4, 0.5) is 0 Å². The van der Waals surface area contributed by atoms with Crippen molar-refractivity contribution in [3.63, 3.8) is 0 Å². The van der Waals surface area contributed by atoms with E-state index < -0.39 is 35.8 Å². The number of benzene rings is 6. The number of rotatable bonds is 15. The van der Waals surface area contributed by atoms with E-state index in [0.29, 0.717) is 96.1 Å². The lowest BCUT2D eigenvalue weighted by molar-refractivity contribution is -0.142. The molecule has 2 aliphatic heterocycles. The monoisotopic (exact) mass is 838 g/mol. The number of fused-ring (bicyclic) bond motifs is 2. The molecule has 2 atom stereocenters. The van der Waals surface area contributed by atoms with Crippen LogP contribution in [0.25, 0.3) is 43.1 Å². The fraction of sp³-hybridized carbons (Fsp3) is 0.312. The molecule has 61 heavy (non-hydrogen) atoms. The molecule has 2 unspecified atom stereocenters. The average Bonchev–Trinajstić information content (AvgIpc) is 3.25. The molecule has 0 bridgehead atoms. The number of nitrogens with one attached hydrogen (secondary N) is 2. The molecule has 8 rings (SSSR count). The van der Waals surface area contributed by atoms with E-state index in [-0.39, 0.29) is 42.0 Å². The van der Waals surface area contributed by atoms with E-state index in [2.05, 4.69) is 10.6 Å². The summed E-state index contributed by atoms with van der Waals surface area (Å²) < 4.78 is 0. The molecule has 3 N–H and O–H groups in total. The molecule has 6 aromatic rings. The zero-order valence-electron chi connectivity index (χ0n) is 34.6. The first-order chi connectivity index (χ1) is 29.3. The van der Waals surface area contributed by atoms with Crippen molar-refractivity contribution >= 4 is 96.3 Å². The minimum absolute atomic E-state index is 0.0205. The summed E-state index contributed by atoms with van der Waals surface area (Å²) in [6.45, 7) is 9.04. The Balaban J connectivity index is 1.33. The predicted octanol–water partition coefficient (Wildman–Crippen LogP) is 7.72. The van der Waals surface area contributed by atoms with Crippen LogP contribution in [0, 0.1) is 0 Å². The normalized spacial score (nSPS) is 14.9. The van der Waals surface area contributed by atoms with E-state index >= 15 is 0 Å². The zero-order chi connectivity index (χ0) is 43.4. The minimum atomic E-state index is -1.28. The summed E-state index contributed by atoms with van der Waals surface area (Å²) in [6.07, 6.45) is 2.36. The Kier molecular flexibility index (Phi) is 11.0. The second-order valence-electron chi connectivity index (χ2n) is 15.8. The second kappa shape index (κ2) is 16.3. The fourth-order valence-electron chi connectivity index (χ4n) is 9.38. The van der Waals surface area contributed by atoms with Gasteiger partial charge in [0.15, 0.2) is 0 Å². The van der Waals surface area contributed by atoms with E-state index in [1.54, 1.807) is 48.5 Å². The SMILES string of the molecule is CCC(CC)N1C(=O)c2ccc3c4ccc5c6c(cc(SCC(NC(C)=O)C(=O)NC(Cc7ccccc7)C(=O)O)c(c7ccc(c2c37)C1=O)c64)C(=O)N(C(CC)CC)C5=O. The Morgan fingerprint density at radius 1 is 0.590 bits per heavy atom. The third kappa shape index (κ3) is 6.75. The van der Waals surface area contributed by atoms with Crippen LogP contribution in [0.5, 0.6) is 0 Å². The van der Waals surface area contributed by atoms with E-state index in [1.807, 2.05) is 52.0 Å². The molecule has 2 aliphatic rings. The van der Waals surface area contributed by atoms with Crippen LogP contribution in [0.3, 0.4) is 0 Å². The average molecular weight is 839 g/mol. The zero-order valence-corrected chi connectivity index (χ0v) is 35.4.